The van der Waals surface area contributed by atoms with Gasteiger partial charge in [0.2, 0.25) is 0 Å². The van der Waals surface area contributed by atoms with E-state index in [-0.39, 0.29) is 12.0 Å². The summed E-state index contributed by atoms with van der Waals surface area (Å²) in [6.45, 7) is 5.66. The Bertz CT molecular complexity index is 717. The molecule has 1 aromatic heterocycles. The molecule has 0 aliphatic carbocycles. The predicted octanol–water partition coefficient (Wildman–Crippen LogP) is 2.06. The highest BCUT2D eigenvalue weighted by atomic mass is 16.5. The Morgan fingerprint density at radius 2 is 1.79 bits per heavy atom. The summed E-state index contributed by atoms with van der Waals surface area (Å²) < 4.78 is 6.11. The second kappa shape index (κ2) is 6.47. The van der Waals surface area contributed by atoms with Crippen molar-refractivity contribution in [1.82, 2.24) is 15.1 Å². The van der Waals surface area contributed by atoms with Crippen LogP contribution in [0.1, 0.15) is 21.6 Å². The third-order valence-corrected chi connectivity index (χ3v) is 4.14. The fourth-order valence-corrected chi connectivity index (χ4v) is 2.69. The van der Waals surface area contributed by atoms with E-state index in [1.54, 1.807) is 20.2 Å². The molecule has 1 aliphatic heterocycles. The average Bonchev–Trinajstić information content (AvgIpc) is 2.52. The third-order valence-electron chi connectivity index (χ3n) is 4.14. The molecule has 2 heterocycles. The van der Waals surface area contributed by atoms with Gasteiger partial charge in [-0.05, 0) is 37.1 Å². The molecule has 0 bridgehead atoms. The van der Waals surface area contributed by atoms with E-state index in [2.05, 4.69) is 41.1 Å². The number of amides is 1. The van der Waals surface area contributed by atoms with E-state index in [0.717, 1.165) is 35.8 Å². The van der Waals surface area contributed by atoms with Gasteiger partial charge in [-0.1, -0.05) is 18.2 Å². The number of hydrogen-bond acceptors (Lipinski definition) is 5. The van der Waals surface area contributed by atoms with Gasteiger partial charge in [0, 0.05) is 14.1 Å². The number of benzene rings is 1. The first kappa shape index (κ1) is 16.2. The highest BCUT2D eigenvalue weighted by Gasteiger charge is 2.30. The maximum absolute atomic E-state index is 11.8. The van der Waals surface area contributed by atoms with Crippen molar-refractivity contribution < 1.29 is 9.53 Å². The fourth-order valence-electron chi connectivity index (χ4n) is 2.69. The smallest absolute Gasteiger partial charge is 0.273 e. The summed E-state index contributed by atoms with van der Waals surface area (Å²) in [5, 5.41) is 8.17. The molecule has 3 rings (SSSR count). The minimum absolute atomic E-state index is 0.145. The molecule has 2 aromatic rings. The van der Waals surface area contributed by atoms with Crippen LogP contribution in [0.25, 0.3) is 0 Å². The molecule has 0 saturated carbocycles. The number of aromatic nitrogens is 2. The van der Waals surface area contributed by atoms with Crippen LogP contribution in [0.4, 0.5) is 5.82 Å². The lowest BCUT2D eigenvalue weighted by Crippen LogP contribution is -2.54. The third kappa shape index (κ3) is 3.18. The molecular formula is C18H22N4O2. The van der Waals surface area contributed by atoms with Crippen molar-refractivity contribution in [1.29, 1.82) is 0 Å². The number of anilines is 1. The quantitative estimate of drug-likeness (QED) is 0.861. The maximum atomic E-state index is 11.8. The van der Waals surface area contributed by atoms with E-state index in [1.807, 2.05) is 12.1 Å². The van der Waals surface area contributed by atoms with Gasteiger partial charge in [-0.25, -0.2) is 0 Å². The van der Waals surface area contributed by atoms with Crippen LogP contribution in [0.15, 0.2) is 30.3 Å². The van der Waals surface area contributed by atoms with Crippen LogP contribution < -0.4 is 9.64 Å². The summed E-state index contributed by atoms with van der Waals surface area (Å²) in [7, 11) is 3.39. The van der Waals surface area contributed by atoms with E-state index in [1.165, 1.54) is 4.90 Å². The van der Waals surface area contributed by atoms with E-state index in [0.29, 0.717) is 5.69 Å². The Labute approximate surface area is 142 Å². The van der Waals surface area contributed by atoms with E-state index >= 15 is 0 Å². The Hall–Kier alpha value is -2.63. The Morgan fingerprint density at radius 3 is 2.33 bits per heavy atom. The molecule has 0 radical (unpaired) electrons. The molecule has 126 valence electrons. The molecule has 0 spiro atoms. The molecule has 24 heavy (non-hydrogen) atoms. The zero-order valence-electron chi connectivity index (χ0n) is 14.5. The molecule has 1 fully saturated rings. The molecule has 0 unspecified atom stereocenters. The molecule has 1 aliphatic rings. The van der Waals surface area contributed by atoms with E-state index in [4.69, 9.17) is 4.74 Å². The summed E-state index contributed by atoms with van der Waals surface area (Å²) in [4.78, 5) is 15.4. The van der Waals surface area contributed by atoms with E-state index in [9.17, 15) is 4.79 Å². The number of nitrogens with zero attached hydrogens (tertiary/aromatic N) is 4. The SMILES string of the molecule is Cc1cccc(C)c1OC1CN(c2ccc(C(=O)N(C)C)nn2)C1. The van der Waals surface area contributed by atoms with Gasteiger partial charge in [0.15, 0.2) is 11.5 Å². The van der Waals surface area contributed by atoms with Gasteiger partial charge in [-0.2, -0.15) is 0 Å². The topological polar surface area (TPSA) is 58.6 Å². The molecule has 0 atom stereocenters. The van der Waals surface area contributed by atoms with Crippen LogP contribution >= 0.6 is 0 Å². The van der Waals surface area contributed by atoms with Crippen LogP contribution in [-0.4, -0.2) is 54.3 Å². The van der Waals surface area contributed by atoms with Crippen molar-refractivity contribution in [2.45, 2.75) is 20.0 Å². The largest absolute Gasteiger partial charge is 0.486 e. The van der Waals surface area contributed by atoms with Crippen molar-refractivity contribution >= 4 is 11.7 Å². The van der Waals surface area contributed by atoms with Crippen LogP contribution in [-0.2, 0) is 0 Å². The lowest BCUT2D eigenvalue weighted by molar-refractivity contribution is 0.0820. The molecule has 1 amide bonds. The number of carbonyl (C=O) groups excluding carboxylic acids is 1. The molecular weight excluding hydrogens is 304 g/mol. The van der Waals surface area contributed by atoms with Gasteiger partial charge >= 0.3 is 0 Å². The highest BCUT2D eigenvalue weighted by molar-refractivity contribution is 5.91. The molecule has 6 heteroatoms. The fraction of sp³-hybridized carbons (Fsp3) is 0.389. The monoisotopic (exact) mass is 326 g/mol. The van der Waals surface area contributed by atoms with Gasteiger partial charge in [-0.3, -0.25) is 4.79 Å². The van der Waals surface area contributed by atoms with Crippen molar-refractivity contribution in [2.75, 3.05) is 32.1 Å². The maximum Gasteiger partial charge on any atom is 0.273 e. The summed E-state index contributed by atoms with van der Waals surface area (Å²) in [5.74, 6) is 1.60. The molecule has 1 saturated heterocycles. The van der Waals surface area contributed by atoms with Gasteiger partial charge in [0.25, 0.3) is 5.91 Å². The predicted molar refractivity (Wildman–Crippen MR) is 92.6 cm³/mol. The summed E-state index contributed by atoms with van der Waals surface area (Å²) in [6.07, 6.45) is 0.148. The highest BCUT2D eigenvalue weighted by Crippen LogP contribution is 2.27. The first-order chi connectivity index (χ1) is 11.5. The minimum atomic E-state index is -0.145. The second-order valence-electron chi connectivity index (χ2n) is 6.34. The lowest BCUT2D eigenvalue weighted by Gasteiger charge is -2.40. The first-order valence-electron chi connectivity index (χ1n) is 7.99. The molecule has 6 nitrogen and oxygen atoms in total. The Morgan fingerprint density at radius 1 is 1.12 bits per heavy atom. The van der Waals surface area contributed by atoms with Crippen molar-refractivity contribution in [3.63, 3.8) is 0 Å². The van der Waals surface area contributed by atoms with Crippen molar-refractivity contribution in [3.8, 4) is 5.75 Å². The molecule has 1 aromatic carbocycles. The van der Waals surface area contributed by atoms with Crippen LogP contribution in [0, 0.1) is 13.8 Å². The zero-order chi connectivity index (χ0) is 17.3. The number of para-hydroxylation sites is 1. The lowest BCUT2D eigenvalue weighted by atomic mass is 10.1. The molecule has 0 N–H and O–H groups in total. The average molecular weight is 326 g/mol. The number of aryl methyl sites for hydroxylation is 2. The Balaban J connectivity index is 1.60. The minimum Gasteiger partial charge on any atom is -0.486 e. The first-order valence-corrected chi connectivity index (χ1v) is 7.99. The van der Waals surface area contributed by atoms with Gasteiger partial charge in [-0.15, -0.1) is 10.2 Å². The van der Waals surface area contributed by atoms with Crippen LogP contribution in [0.3, 0.4) is 0 Å². The number of carbonyl (C=O) groups is 1. The van der Waals surface area contributed by atoms with Gasteiger partial charge in [0.05, 0.1) is 13.1 Å². The van der Waals surface area contributed by atoms with Gasteiger partial charge < -0.3 is 14.5 Å². The number of rotatable bonds is 4. The number of ether oxygens (including phenoxy) is 1. The number of hydrogen-bond donors (Lipinski definition) is 0. The van der Waals surface area contributed by atoms with E-state index < -0.39 is 0 Å². The van der Waals surface area contributed by atoms with Crippen molar-refractivity contribution in [2.24, 2.45) is 0 Å². The normalized spacial score (nSPS) is 14.2. The Kier molecular flexibility index (Phi) is 4.38. The zero-order valence-corrected chi connectivity index (χ0v) is 14.5. The van der Waals surface area contributed by atoms with Gasteiger partial charge in [0.1, 0.15) is 11.9 Å². The second-order valence-corrected chi connectivity index (χ2v) is 6.34. The standard InChI is InChI=1S/C18H22N4O2/c1-12-6-5-7-13(2)17(12)24-14-10-22(11-14)16-9-8-15(19-20-16)18(23)21(3)4/h5-9,14H,10-11H2,1-4H3. The van der Waals surface area contributed by atoms with Crippen molar-refractivity contribution in [3.05, 3.63) is 47.2 Å². The summed E-state index contributed by atoms with van der Waals surface area (Å²) in [6, 6.07) is 9.70. The summed E-state index contributed by atoms with van der Waals surface area (Å²) >= 11 is 0. The summed E-state index contributed by atoms with van der Waals surface area (Å²) in [5.41, 5.74) is 2.66. The van der Waals surface area contributed by atoms with Crippen LogP contribution in [0.5, 0.6) is 5.75 Å². The van der Waals surface area contributed by atoms with Crippen LogP contribution in [0.2, 0.25) is 0 Å².